The number of nitrogens with one attached hydrogen (secondary N) is 4. The van der Waals surface area contributed by atoms with Crippen molar-refractivity contribution < 1.29 is 89.5 Å². The van der Waals surface area contributed by atoms with Gasteiger partial charge in [0.2, 0.25) is 11.8 Å². The molecule has 0 bridgehead atoms. The second-order valence-corrected chi connectivity index (χ2v) is 15.1. The zero-order chi connectivity index (χ0) is 42.7. The normalized spacial score (nSPS) is 15.4. The summed E-state index contributed by atoms with van der Waals surface area (Å²) in [5, 5.41) is 9.52. The van der Waals surface area contributed by atoms with Gasteiger partial charge in [0, 0.05) is 39.8 Å². The first-order chi connectivity index (χ1) is 26.1. The average molecular weight is 851 g/mol. The molecule has 25 heteroatoms. The van der Waals surface area contributed by atoms with Crippen LogP contribution in [-0.2, 0) is 74.9 Å². The van der Waals surface area contributed by atoms with Gasteiger partial charge in [0.1, 0.15) is 23.8 Å². The summed E-state index contributed by atoms with van der Waals surface area (Å²) < 4.78 is 65.1. The highest BCUT2D eigenvalue weighted by molar-refractivity contribution is 7.47. The van der Waals surface area contributed by atoms with Crippen LogP contribution in [0, 0.1) is 0 Å². The number of hydrogen-bond donors (Lipinski definition) is 6. The molecule has 0 aliphatic heterocycles. The van der Waals surface area contributed by atoms with Gasteiger partial charge in [-0.3, -0.25) is 46.9 Å². The van der Waals surface area contributed by atoms with E-state index in [9.17, 15) is 52.5 Å². The molecule has 6 N–H and O–H groups in total. The molecule has 0 aromatic carbocycles. The van der Waals surface area contributed by atoms with E-state index in [4.69, 9.17) is 37.0 Å². The van der Waals surface area contributed by atoms with Crippen LogP contribution < -0.4 is 21.3 Å². The van der Waals surface area contributed by atoms with Crippen LogP contribution in [0.3, 0.4) is 0 Å². The molecule has 0 aromatic heterocycles. The Morgan fingerprint density at radius 1 is 0.554 bits per heavy atom. The van der Waals surface area contributed by atoms with Crippen molar-refractivity contribution >= 4 is 57.0 Å². The summed E-state index contributed by atoms with van der Waals surface area (Å²) in [5.74, 6) is -3.11. The largest absolute Gasteiger partial charge is 0.472 e. The molecule has 0 aliphatic rings. The second kappa shape index (κ2) is 28.9. The zero-order valence-corrected chi connectivity index (χ0v) is 34.2. The molecule has 0 aliphatic carbocycles. The first-order valence-corrected chi connectivity index (χ1v) is 20.4. The van der Waals surface area contributed by atoms with Crippen molar-refractivity contribution in [2.45, 2.75) is 91.5 Å². The molecular formula is C31H56N4O19P2. The molecule has 2 unspecified atom stereocenters. The van der Waals surface area contributed by atoms with Gasteiger partial charge in [-0.15, -0.1) is 0 Å². The third-order valence-corrected chi connectivity index (χ3v) is 8.39. The van der Waals surface area contributed by atoms with Gasteiger partial charge in [-0.1, -0.05) is 0 Å². The molecule has 4 amide bonds. The number of amides is 4. The van der Waals surface area contributed by atoms with Crippen LogP contribution in [0.2, 0.25) is 0 Å². The summed E-state index contributed by atoms with van der Waals surface area (Å²) in [7, 11) is -9.39. The quantitative estimate of drug-likeness (QED) is 0.0228. The Balaban J connectivity index is 4.66. The Morgan fingerprint density at radius 3 is 1.23 bits per heavy atom. The Bertz CT molecular complexity index is 1270. The number of phosphoric ester groups is 2. The highest BCUT2D eigenvalue weighted by Gasteiger charge is 2.26. The van der Waals surface area contributed by atoms with Gasteiger partial charge >= 0.3 is 33.6 Å². The van der Waals surface area contributed by atoms with Crippen LogP contribution in [0.25, 0.3) is 0 Å². The van der Waals surface area contributed by atoms with Crippen molar-refractivity contribution in [1.82, 2.24) is 21.3 Å². The van der Waals surface area contributed by atoms with E-state index in [0.29, 0.717) is 12.8 Å². The van der Waals surface area contributed by atoms with Crippen LogP contribution in [0.4, 0.5) is 4.79 Å². The van der Waals surface area contributed by atoms with Crippen LogP contribution in [-0.4, -0.2) is 141 Å². The Kier molecular flexibility index (Phi) is 27.2. The molecule has 0 aromatic rings. The van der Waals surface area contributed by atoms with E-state index in [2.05, 4.69) is 21.3 Å². The molecule has 6 atom stereocenters. The van der Waals surface area contributed by atoms with E-state index in [1.807, 2.05) is 0 Å². The molecular weight excluding hydrogens is 794 g/mol. The Morgan fingerprint density at radius 2 is 0.911 bits per heavy atom. The van der Waals surface area contributed by atoms with Crippen molar-refractivity contribution in [2.24, 2.45) is 0 Å². The van der Waals surface area contributed by atoms with Gasteiger partial charge in [0.15, 0.2) is 0 Å². The van der Waals surface area contributed by atoms with Crippen LogP contribution in [0.1, 0.15) is 67.2 Å². The highest BCUT2D eigenvalue weighted by atomic mass is 31.2. The van der Waals surface area contributed by atoms with Crippen LogP contribution in [0.15, 0.2) is 0 Å². The SMILES string of the molecule is CC(=O)CC(=O)N[C@@H](COCC[C@@H](C)OC(C)=O)COP(=O)(O)OCCNC(=O)NCCOP(=O)(O)OC[C@H](COCC[C@@H](C)OC(C)=O)NC(=O)CC(C)=O. The maximum atomic E-state index is 12.4. The molecule has 56 heavy (non-hydrogen) atoms. The monoisotopic (exact) mass is 850 g/mol. The lowest BCUT2D eigenvalue weighted by Crippen LogP contribution is -2.42. The molecule has 0 rings (SSSR count). The van der Waals surface area contributed by atoms with Gasteiger partial charge < -0.3 is 50.0 Å². The second-order valence-electron chi connectivity index (χ2n) is 12.2. The van der Waals surface area contributed by atoms with Gasteiger partial charge in [0.25, 0.3) is 0 Å². The summed E-state index contributed by atoms with van der Waals surface area (Å²) in [6.45, 7) is 5.42. The molecule has 0 saturated heterocycles. The first-order valence-electron chi connectivity index (χ1n) is 17.4. The molecule has 0 saturated carbocycles. The van der Waals surface area contributed by atoms with Crippen LogP contribution in [0.5, 0.6) is 0 Å². The number of urea groups is 1. The van der Waals surface area contributed by atoms with E-state index < -0.39 is 121 Å². The summed E-state index contributed by atoms with van der Waals surface area (Å²) in [5.41, 5.74) is 0. The number of rotatable bonds is 32. The van der Waals surface area contributed by atoms with E-state index in [-0.39, 0.29) is 39.5 Å². The molecule has 0 radical (unpaired) electrons. The van der Waals surface area contributed by atoms with Gasteiger partial charge in [-0.05, 0) is 27.7 Å². The maximum Gasteiger partial charge on any atom is 0.472 e. The first kappa shape index (κ1) is 52.6. The van der Waals surface area contributed by atoms with Crippen molar-refractivity contribution in [3.8, 4) is 0 Å². The molecule has 0 spiro atoms. The third-order valence-electron chi connectivity index (χ3n) is 6.42. The Hall–Kier alpha value is -3.37. The number of carbonyl (C=O) groups excluding carboxylic acids is 7. The number of carbonyl (C=O) groups is 7. The fourth-order valence-electron chi connectivity index (χ4n) is 4.06. The number of phosphoric acid groups is 2. The number of esters is 2. The van der Waals surface area contributed by atoms with Crippen molar-refractivity contribution in [3.63, 3.8) is 0 Å². The van der Waals surface area contributed by atoms with E-state index in [1.165, 1.54) is 27.7 Å². The van der Waals surface area contributed by atoms with Crippen LogP contribution >= 0.6 is 15.6 Å². The third kappa shape index (κ3) is 31.8. The minimum atomic E-state index is -4.70. The topological polar surface area (TPSA) is 316 Å². The van der Waals surface area contributed by atoms with Crippen molar-refractivity contribution in [3.05, 3.63) is 0 Å². The molecule has 0 heterocycles. The summed E-state index contributed by atoms with van der Waals surface area (Å²) in [6, 6.07) is -2.73. The summed E-state index contributed by atoms with van der Waals surface area (Å²) in [4.78, 5) is 101. The standard InChI is InChI=1S/C31H56N4O19P2/c1-21(36)15-29(40)34-27(17-47-11-7-23(3)53-25(5)38)19-51-55(43,44)49-13-9-32-31(42)33-10-14-50-56(45,46)52-20-28(35-30(41)16-22(2)37)18-48-12-8-24(4)54-26(6)39/h23-24,27-28H,7-20H2,1-6H3,(H,34,40)(H,35,41)(H,43,44)(H,45,46)(H2,32,33,42)/t23-,24-,27+,28+/m1/s1. The lowest BCUT2D eigenvalue weighted by atomic mass is 10.2. The lowest BCUT2D eigenvalue weighted by molar-refractivity contribution is -0.147. The minimum Gasteiger partial charge on any atom is -0.463 e. The van der Waals surface area contributed by atoms with Crippen molar-refractivity contribution in [2.75, 3.05) is 65.9 Å². The van der Waals surface area contributed by atoms with Gasteiger partial charge in [0.05, 0.1) is 77.8 Å². The van der Waals surface area contributed by atoms with E-state index >= 15 is 0 Å². The van der Waals surface area contributed by atoms with Gasteiger partial charge in [-0.25, -0.2) is 13.9 Å². The number of ketones is 2. The molecule has 0 fully saturated rings. The molecule has 324 valence electrons. The predicted octanol–water partition coefficient (Wildman–Crippen LogP) is 0.197. The number of Topliss-reactive ketones (excluding diaryl/α,β-unsaturated/α-hetero) is 2. The maximum absolute atomic E-state index is 12.4. The smallest absolute Gasteiger partial charge is 0.463 e. The minimum absolute atomic E-state index is 0.109. The van der Waals surface area contributed by atoms with E-state index in [0.717, 1.165) is 0 Å². The summed E-state index contributed by atoms with van der Waals surface area (Å²) in [6.07, 6.45) is -1.11. The predicted molar refractivity (Wildman–Crippen MR) is 193 cm³/mol. The highest BCUT2D eigenvalue weighted by Crippen LogP contribution is 2.43. The Labute approximate surface area is 325 Å². The fraction of sp³-hybridized carbons (Fsp3) is 0.774. The average Bonchev–Trinajstić information content (AvgIpc) is 3.05. The van der Waals surface area contributed by atoms with Crippen molar-refractivity contribution in [1.29, 1.82) is 0 Å². The summed E-state index contributed by atoms with van der Waals surface area (Å²) >= 11 is 0. The zero-order valence-electron chi connectivity index (χ0n) is 32.4. The number of ether oxygens (including phenoxy) is 4. The van der Waals surface area contributed by atoms with Gasteiger partial charge in [-0.2, -0.15) is 0 Å². The molecule has 23 nitrogen and oxygen atoms in total. The van der Waals surface area contributed by atoms with E-state index in [1.54, 1.807) is 13.8 Å². The fourth-order valence-corrected chi connectivity index (χ4v) is 5.59. The lowest BCUT2D eigenvalue weighted by Gasteiger charge is -2.21. The number of hydrogen-bond acceptors (Lipinski definition) is 17.